The zero-order valence-corrected chi connectivity index (χ0v) is 20.1. The monoisotopic (exact) mass is 441 g/mol. The Kier molecular flexibility index (Phi) is 10.1. The average molecular weight is 442 g/mol. The zero-order chi connectivity index (χ0) is 23.5. The Morgan fingerprint density at radius 1 is 0.969 bits per heavy atom. The van der Waals surface area contributed by atoms with E-state index in [9.17, 15) is 4.79 Å². The number of unbranched alkanes of at least 4 members (excludes halogenated alkanes) is 2. The first-order chi connectivity index (χ1) is 15.5. The molecule has 0 unspecified atom stereocenters. The summed E-state index contributed by atoms with van der Waals surface area (Å²) in [7, 11) is 4.83. The van der Waals surface area contributed by atoms with E-state index in [4.69, 9.17) is 18.9 Å². The highest BCUT2D eigenvalue weighted by Gasteiger charge is 2.22. The SMILES string of the molecule is CCOC(=O)/C(=C/c1c(C)c(OC)c(C)c(OC)c1OC)CCCCCc1cccnc1. The van der Waals surface area contributed by atoms with Gasteiger partial charge in [-0.2, -0.15) is 0 Å². The van der Waals surface area contributed by atoms with Crippen molar-refractivity contribution in [2.45, 2.75) is 52.9 Å². The van der Waals surface area contributed by atoms with Gasteiger partial charge in [0.2, 0.25) is 0 Å². The quantitative estimate of drug-likeness (QED) is 0.247. The largest absolute Gasteiger partial charge is 0.496 e. The Labute approximate surface area is 191 Å². The van der Waals surface area contributed by atoms with Gasteiger partial charge in [-0.3, -0.25) is 4.98 Å². The number of pyridine rings is 1. The summed E-state index contributed by atoms with van der Waals surface area (Å²) < 4.78 is 22.2. The lowest BCUT2D eigenvalue weighted by Crippen LogP contribution is -2.09. The third-order valence-electron chi connectivity index (χ3n) is 5.48. The fraction of sp³-hybridized carbons (Fsp3) is 0.462. The van der Waals surface area contributed by atoms with Crippen LogP contribution in [-0.2, 0) is 16.0 Å². The Hall–Kier alpha value is -3.02. The molecule has 174 valence electrons. The molecule has 0 bridgehead atoms. The Morgan fingerprint density at radius 2 is 1.69 bits per heavy atom. The second kappa shape index (κ2) is 12.7. The lowest BCUT2D eigenvalue weighted by molar-refractivity contribution is -0.138. The van der Waals surface area contributed by atoms with E-state index in [0.29, 0.717) is 35.8 Å². The van der Waals surface area contributed by atoms with E-state index < -0.39 is 0 Å². The van der Waals surface area contributed by atoms with Gasteiger partial charge in [-0.25, -0.2) is 4.79 Å². The lowest BCUT2D eigenvalue weighted by Gasteiger charge is -2.20. The first-order valence-electron chi connectivity index (χ1n) is 11.0. The molecule has 0 N–H and O–H groups in total. The minimum Gasteiger partial charge on any atom is -0.496 e. The predicted octanol–water partition coefficient (Wildman–Crippen LogP) is 5.47. The average Bonchev–Trinajstić information content (AvgIpc) is 2.80. The number of rotatable bonds is 12. The van der Waals surface area contributed by atoms with Crippen LogP contribution in [0.3, 0.4) is 0 Å². The second-order valence-corrected chi connectivity index (χ2v) is 7.58. The molecular formula is C26H35NO5. The highest BCUT2D eigenvalue weighted by Crippen LogP contribution is 2.44. The van der Waals surface area contributed by atoms with E-state index in [1.165, 1.54) is 5.56 Å². The molecule has 1 heterocycles. The summed E-state index contributed by atoms with van der Waals surface area (Å²) in [6, 6.07) is 4.04. The van der Waals surface area contributed by atoms with Crippen molar-refractivity contribution < 1.29 is 23.7 Å². The maximum atomic E-state index is 12.7. The van der Waals surface area contributed by atoms with E-state index >= 15 is 0 Å². The number of carbonyl (C=O) groups excluding carboxylic acids is 1. The third kappa shape index (κ3) is 6.25. The first-order valence-corrected chi connectivity index (χ1v) is 11.0. The van der Waals surface area contributed by atoms with Crippen LogP contribution >= 0.6 is 0 Å². The van der Waals surface area contributed by atoms with Gasteiger partial charge in [-0.1, -0.05) is 12.5 Å². The molecule has 6 nitrogen and oxygen atoms in total. The van der Waals surface area contributed by atoms with Crippen molar-refractivity contribution in [3.8, 4) is 17.2 Å². The van der Waals surface area contributed by atoms with Gasteiger partial charge in [0, 0.05) is 34.7 Å². The third-order valence-corrected chi connectivity index (χ3v) is 5.48. The van der Waals surface area contributed by atoms with Crippen LogP contribution in [-0.4, -0.2) is 38.9 Å². The highest BCUT2D eigenvalue weighted by molar-refractivity contribution is 5.95. The number of ether oxygens (including phenoxy) is 4. The molecule has 6 heteroatoms. The van der Waals surface area contributed by atoms with Crippen LogP contribution in [0.25, 0.3) is 6.08 Å². The molecule has 0 amide bonds. The van der Waals surface area contributed by atoms with Crippen LogP contribution < -0.4 is 14.2 Å². The van der Waals surface area contributed by atoms with Gasteiger partial charge in [0.15, 0.2) is 11.5 Å². The normalized spacial score (nSPS) is 11.2. The fourth-order valence-corrected chi connectivity index (χ4v) is 3.90. The summed E-state index contributed by atoms with van der Waals surface area (Å²) in [6.07, 6.45) is 10.1. The van der Waals surface area contributed by atoms with Gasteiger partial charge < -0.3 is 18.9 Å². The number of hydrogen-bond donors (Lipinski definition) is 0. The summed E-state index contributed by atoms with van der Waals surface area (Å²) in [5.41, 5.74) is 4.36. The van der Waals surface area contributed by atoms with Crippen LogP contribution in [0.4, 0.5) is 0 Å². The maximum Gasteiger partial charge on any atom is 0.334 e. The minimum atomic E-state index is -0.306. The molecule has 2 rings (SSSR count). The summed E-state index contributed by atoms with van der Waals surface area (Å²) in [4.78, 5) is 16.9. The van der Waals surface area contributed by atoms with Crippen LogP contribution in [0.2, 0.25) is 0 Å². The smallest absolute Gasteiger partial charge is 0.334 e. The molecule has 0 saturated heterocycles. The molecule has 0 atom stereocenters. The van der Waals surface area contributed by atoms with E-state index in [0.717, 1.165) is 42.4 Å². The molecule has 0 aliphatic rings. The number of benzene rings is 1. The number of aryl methyl sites for hydroxylation is 1. The highest BCUT2D eigenvalue weighted by atomic mass is 16.5. The summed E-state index contributed by atoms with van der Waals surface area (Å²) in [6.45, 7) is 6.02. The molecule has 1 aromatic heterocycles. The molecule has 0 spiro atoms. The molecule has 1 aromatic carbocycles. The molecule has 0 radical (unpaired) electrons. The van der Waals surface area contributed by atoms with Gasteiger partial charge in [0.05, 0.1) is 27.9 Å². The predicted molar refractivity (Wildman–Crippen MR) is 127 cm³/mol. The van der Waals surface area contributed by atoms with E-state index in [2.05, 4.69) is 11.1 Å². The Balaban J connectivity index is 2.28. The number of nitrogens with zero attached hydrogens (tertiary/aromatic N) is 1. The van der Waals surface area contributed by atoms with Gasteiger partial charge in [0.1, 0.15) is 5.75 Å². The van der Waals surface area contributed by atoms with Crippen molar-refractivity contribution in [2.24, 2.45) is 0 Å². The van der Waals surface area contributed by atoms with Crippen molar-refractivity contribution in [3.05, 3.63) is 52.4 Å². The molecule has 32 heavy (non-hydrogen) atoms. The van der Waals surface area contributed by atoms with Crippen molar-refractivity contribution >= 4 is 12.0 Å². The number of methoxy groups -OCH3 is 3. The van der Waals surface area contributed by atoms with E-state index in [1.807, 2.05) is 39.1 Å². The molecule has 2 aromatic rings. The summed E-state index contributed by atoms with van der Waals surface area (Å²) in [5, 5.41) is 0. The topological polar surface area (TPSA) is 66.9 Å². The number of carbonyl (C=O) groups is 1. The Morgan fingerprint density at radius 3 is 2.28 bits per heavy atom. The van der Waals surface area contributed by atoms with Crippen LogP contribution in [0, 0.1) is 13.8 Å². The Bertz CT molecular complexity index is 922. The number of esters is 1. The van der Waals surface area contributed by atoms with Gasteiger partial charge >= 0.3 is 5.97 Å². The van der Waals surface area contributed by atoms with Gasteiger partial charge in [-0.05, 0) is 64.2 Å². The molecular weight excluding hydrogens is 406 g/mol. The van der Waals surface area contributed by atoms with Crippen LogP contribution in [0.15, 0.2) is 30.1 Å². The molecule has 0 saturated carbocycles. The fourth-order valence-electron chi connectivity index (χ4n) is 3.90. The van der Waals surface area contributed by atoms with Gasteiger partial charge in [0.25, 0.3) is 0 Å². The zero-order valence-electron chi connectivity index (χ0n) is 20.1. The molecule has 0 fully saturated rings. The second-order valence-electron chi connectivity index (χ2n) is 7.58. The van der Waals surface area contributed by atoms with Crippen molar-refractivity contribution in [2.75, 3.05) is 27.9 Å². The van der Waals surface area contributed by atoms with E-state index in [-0.39, 0.29) is 5.97 Å². The summed E-state index contributed by atoms with van der Waals surface area (Å²) in [5.74, 6) is 1.59. The maximum absolute atomic E-state index is 12.7. The van der Waals surface area contributed by atoms with E-state index in [1.54, 1.807) is 27.5 Å². The van der Waals surface area contributed by atoms with Crippen molar-refractivity contribution in [1.82, 2.24) is 4.98 Å². The first kappa shape index (κ1) is 25.2. The molecule has 0 aliphatic carbocycles. The summed E-state index contributed by atoms with van der Waals surface area (Å²) >= 11 is 0. The van der Waals surface area contributed by atoms with Crippen LogP contribution in [0.5, 0.6) is 17.2 Å². The standard InChI is InChI=1S/C26H35NO5/c1-7-32-26(28)21(14-10-8-9-12-20-13-11-15-27-17-20)16-22-18(2)23(29-4)19(3)24(30-5)25(22)31-6/h11,13,15-17H,7-10,12,14H2,1-6H3/b21-16+. The minimum absolute atomic E-state index is 0.306. The van der Waals surface area contributed by atoms with Crippen molar-refractivity contribution in [3.63, 3.8) is 0 Å². The number of hydrogen-bond acceptors (Lipinski definition) is 6. The number of aromatic nitrogens is 1. The van der Waals surface area contributed by atoms with Crippen LogP contribution in [0.1, 0.15) is 54.9 Å². The van der Waals surface area contributed by atoms with Crippen molar-refractivity contribution in [1.29, 1.82) is 0 Å². The lowest BCUT2D eigenvalue weighted by atomic mass is 9.97. The molecule has 0 aliphatic heterocycles. The van der Waals surface area contributed by atoms with Gasteiger partial charge in [-0.15, -0.1) is 0 Å².